The third-order valence-corrected chi connectivity index (χ3v) is 2.96. The highest BCUT2D eigenvalue weighted by Crippen LogP contribution is 2.22. The van der Waals surface area contributed by atoms with Crippen molar-refractivity contribution in [2.75, 3.05) is 24.3 Å². The van der Waals surface area contributed by atoms with Gasteiger partial charge in [0, 0.05) is 26.2 Å². The van der Waals surface area contributed by atoms with E-state index in [1.54, 1.807) is 0 Å². The van der Waals surface area contributed by atoms with Gasteiger partial charge in [-0.05, 0) is 19.4 Å². The average molecular weight is 256 g/mol. The molecule has 19 heavy (non-hydrogen) atoms. The molecule has 0 bridgehead atoms. The van der Waals surface area contributed by atoms with E-state index >= 15 is 0 Å². The zero-order valence-corrected chi connectivity index (χ0v) is 11.9. The van der Waals surface area contributed by atoms with Crippen LogP contribution >= 0.6 is 0 Å². The zero-order chi connectivity index (χ0) is 13.8. The number of hydrogen-bond donors (Lipinski definition) is 1. The summed E-state index contributed by atoms with van der Waals surface area (Å²) < 4.78 is 0. The van der Waals surface area contributed by atoms with E-state index < -0.39 is 0 Å². The summed E-state index contributed by atoms with van der Waals surface area (Å²) in [6.07, 6.45) is 0. The zero-order valence-electron chi connectivity index (χ0n) is 11.9. The maximum absolute atomic E-state index is 4.48. The molecule has 2 rings (SSSR count). The molecule has 0 aliphatic heterocycles. The van der Waals surface area contributed by atoms with Crippen LogP contribution in [0.15, 0.2) is 30.3 Å². The molecule has 0 unspecified atom stereocenters. The van der Waals surface area contributed by atoms with Crippen LogP contribution in [0.1, 0.15) is 17.0 Å². The standard InChI is InChI=1S/C15H20N4/c1-11-14(16-10-13-8-6-5-7-9-13)17-12(2)18-15(11)19(3)4/h5-9H,10H2,1-4H3,(H,16,17,18). The van der Waals surface area contributed by atoms with Crippen molar-refractivity contribution in [1.82, 2.24) is 9.97 Å². The number of nitrogens with one attached hydrogen (secondary N) is 1. The van der Waals surface area contributed by atoms with Crippen LogP contribution in [0.5, 0.6) is 0 Å². The summed E-state index contributed by atoms with van der Waals surface area (Å²) in [6.45, 7) is 4.73. The second kappa shape index (κ2) is 5.69. The van der Waals surface area contributed by atoms with Gasteiger partial charge in [-0.15, -0.1) is 0 Å². The molecular formula is C15H20N4. The van der Waals surface area contributed by atoms with Gasteiger partial charge in [-0.25, -0.2) is 9.97 Å². The van der Waals surface area contributed by atoms with Crippen molar-refractivity contribution < 1.29 is 0 Å². The van der Waals surface area contributed by atoms with Crippen LogP contribution in [-0.2, 0) is 6.54 Å². The predicted octanol–water partition coefficient (Wildman–Crippen LogP) is 2.77. The number of nitrogens with zero attached hydrogens (tertiary/aromatic N) is 3. The number of benzene rings is 1. The van der Waals surface area contributed by atoms with Crippen molar-refractivity contribution in [2.24, 2.45) is 0 Å². The van der Waals surface area contributed by atoms with Crippen molar-refractivity contribution in [3.8, 4) is 0 Å². The lowest BCUT2D eigenvalue weighted by molar-refractivity contribution is 0.958. The third-order valence-electron chi connectivity index (χ3n) is 2.96. The van der Waals surface area contributed by atoms with Crippen LogP contribution in [0.2, 0.25) is 0 Å². The van der Waals surface area contributed by atoms with Crippen LogP contribution in [0.25, 0.3) is 0 Å². The molecule has 0 spiro atoms. The van der Waals surface area contributed by atoms with E-state index in [4.69, 9.17) is 0 Å². The number of aryl methyl sites for hydroxylation is 1. The maximum Gasteiger partial charge on any atom is 0.136 e. The van der Waals surface area contributed by atoms with Gasteiger partial charge in [-0.2, -0.15) is 0 Å². The van der Waals surface area contributed by atoms with Gasteiger partial charge in [0.25, 0.3) is 0 Å². The summed E-state index contributed by atoms with van der Waals surface area (Å²) in [5.74, 6) is 2.65. The molecule has 0 saturated heterocycles. The number of rotatable bonds is 4. The Balaban J connectivity index is 2.21. The fourth-order valence-electron chi connectivity index (χ4n) is 2.00. The van der Waals surface area contributed by atoms with Gasteiger partial charge in [0.05, 0.1) is 0 Å². The van der Waals surface area contributed by atoms with Crippen molar-refractivity contribution in [1.29, 1.82) is 0 Å². The monoisotopic (exact) mass is 256 g/mol. The summed E-state index contributed by atoms with van der Waals surface area (Å²) in [5.41, 5.74) is 2.32. The first-order chi connectivity index (χ1) is 9.08. The molecule has 0 aliphatic carbocycles. The van der Waals surface area contributed by atoms with Crippen LogP contribution in [0.4, 0.5) is 11.6 Å². The van der Waals surface area contributed by atoms with E-state index in [2.05, 4.69) is 27.4 Å². The van der Waals surface area contributed by atoms with Crippen molar-refractivity contribution in [3.63, 3.8) is 0 Å². The second-order valence-electron chi connectivity index (χ2n) is 4.80. The van der Waals surface area contributed by atoms with Crippen LogP contribution < -0.4 is 10.2 Å². The molecule has 4 heteroatoms. The van der Waals surface area contributed by atoms with E-state index in [-0.39, 0.29) is 0 Å². The largest absolute Gasteiger partial charge is 0.366 e. The fraction of sp³-hybridized carbons (Fsp3) is 0.333. The SMILES string of the molecule is Cc1nc(NCc2ccccc2)c(C)c(N(C)C)n1. The Labute approximate surface area is 114 Å². The summed E-state index contributed by atoms with van der Waals surface area (Å²) >= 11 is 0. The molecule has 0 saturated carbocycles. The van der Waals surface area contributed by atoms with Gasteiger partial charge >= 0.3 is 0 Å². The molecule has 0 atom stereocenters. The minimum atomic E-state index is 0.769. The fourth-order valence-corrected chi connectivity index (χ4v) is 2.00. The first-order valence-electron chi connectivity index (χ1n) is 6.38. The molecule has 2 aromatic rings. The Bertz CT molecular complexity index is 550. The average Bonchev–Trinajstić information content (AvgIpc) is 2.40. The van der Waals surface area contributed by atoms with E-state index in [1.165, 1.54) is 5.56 Å². The third kappa shape index (κ3) is 3.22. The van der Waals surface area contributed by atoms with Crippen LogP contribution in [-0.4, -0.2) is 24.1 Å². The molecule has 0 amide bonds. The van der Waals surface area contributed by atoms with Gasteiger partial charge in [0.15, 0.2) is 0 Å². The lowest BCUT2D eigenvalue weighted by Crippen LogP contribution is -2.15. The highest BCUT2D eigenvalue weighted by atomic mass is 15.2. The minimum Gasteiger partial charge on any atom is -0.366 e. The smallest absolute Gasteiger partial charge is 0.136 e. The van der Waals surface area contributed by atoms with Gasteiger partial charge in [0.2, 0.25) is 0 Å². The van der Waals surface area contributed by atoms with Crippen LogP contribution in [0.3, 0.4) is 0 Å². The maximum atomic E-state index is 4.48. The molecule has 4 nitrogen and oxygen atoms in total. The summed E-state index contributed by atoms with van der Waals surface area (Å²) in [7, 11) is 3.99. The number of aromatic nitrogens is 2. The highest BCUT2D eigenvalue weighted by Gasteiger charge is 2.10. The second-order valence-corrected chi connectivity index (χ2v) is 4.80. The molecular weight excluding hydrogens is 236 g/mol. The molecule has 100 valence electrons. The Hall–Kier alpha value is -2.10. The number of hydrogen-bond acceptors (Lipinski definition) is 4. The van der Waals surface area contributed by atoms with Gasteiger partial charge in [-0.3, -0.25) is 0 Å². The normalized spacial score (nSPS) is 10.3. The van der Waals surface area contributed by atoms with Gasteiger partial charge in [0.1, 0.15) is 17.5 Å². The summed E-state index contributed by atoms with van der Waals surface area (Å²) in [4.78, 5) is 11.0. The molecule has 0 fully saturated rings. The van der Waals surface area contributed by atoms with Crippen molar-refractivity contribution >= 4 is 11.6 Å². The van der Waals surface area contributed by atoms with E-state index in [1.807, 2.05) is 51.0 Å². The van der Waals surface area contributed by atoms with E-state index in [9.17, 15) is 0 Å². The van der Waals surface area contributed by atoms with Crippen molar-refractivity contribution in [2.45, 2.75) is 20.4 Å². The molecule has 0 radical (unpaired) electrons. The van der Waals surface area contributed by atoms with E-state index in [0.29, 0.717) is 0 Å². The lowest BCUT2D eigenvalue weighted by Gasteiger charge is -2.18. The Morgan fingerprint density at radius 1 is 1.05 bits per heavy atom. The molecule has 1 aromatic heterocycles. The van der Waals surface area contributed by atoms with Crippen molar-refractivity contribution in [3.05, 3.63) is 47.3 Å². The molecule has 1 heterocycles. The predicted molar refractivity (Wildman–Crippen MR) is 79.6 cm³/mol. The van der Waals surface area contributed by atoms with Gasteiger partial charge in [-0.1, -0.05) is 30.3 Å². The first-order valence-corrected chi connectivity index (χ1v) is 6.38. The van der Waals surface area contributed by atoms with Gasteiger partial charge < -0.3 is 10.2 Å². The quantitative estimate of drug-likeness (QED) is 0.913. The number of anilines is 2. The highest BCUT2D eigenvalue weighted by molar-refractivity contribution is 5.58. The van der Waals surface area contributed by atoms with Crippen LogP contribution in [0, 0.1) is 13.8 Å². The topological polar surface area (TPSA) is 41.1 Å². The Morgan fingerprint density at radius 2 is 1.74 bits per heavy atom. The summed E-state index contributed by atoms with van der Waals surface area (Å²) in [6, 6.07) is 10.3. The Kier molecular flexibility index (Phi) is 4.00. The molecule has 1 aromatic carbocycles. The molecule has 1 N–H and O–H groups in total. The molecule has 0 aliphatic rings. The first kappa shape index (κ1) is 13.3. The summed E-state index contributed by atoms with van der Waals surface area (Å²) in [5, 5.41) is 3.39. The lowest BCUT2D eigenvalue weighted by atomic mass is 10.2. The van der Waals surface area contributed by atoms with E-state index in [0.717, 1.165) is 29.6 Å². The minimum absolute atomic E-state index is 0.769. The Morgan fingerprint density at radius 3 is 2.37 bits per heavy atom.